The average Bonchev–Trinajstić information content (AvgIpc) is 3.16. The number of sulfonamides is 1. The average molecular weight is 475 g/mol. The van der Waals surface area contributed by atoms with Gasteiger partial charge in [-0.25, -0.2) is 18.1 Å². The molecule has 1 fully saturated rings. The van der Waals surface area contributed by atoms with Crippen molar-refractivity contribution in [1.82, 2.24) is 24.1 Å². The molecule has 1 aliphatic carbocycles. The Balaban J connectivity index is 1.79. The van der Waals surface area contributed by atoms with Crippen molar-refractivity contribution in [2.75, 3.05) is 27.2 Å². The smallest absolute Gasteiger partial charge is 0.262 e. The van der Waals surface area contributed by atoms with Crippen LogP contribution in [-0.2, 0) is 17.1 Å². The van der Waals surface area contributed by atoms with Crippen molar-refractivity contribution < 1.29 is 13.2 Å². The van der Waals surface area contributed by atoms with E-state index in [0.717, 1.165) is 31.4 Å². The van der Waals surface area contributed by atoms with Crippen LogP contribution in [-0.4, -0.2) is 59.7 Å². The minimum absolute atomic E-state index is 0.0718. The van der Waals surface area contributed by atoms with Gasteiger partial charge in [0, 0.05) is 39.2 Å². The van der Waals surface area contributed by atoms with E-state index >= 15 is 0 Å². The van der Waals surface area contributed by atoms with Gasteiger partial charge in [-0.3, -0.25) is 4.79 Å². The molecule has 0 amide bonds. The Morgan fingerprint density at radius 1 is 1.27 bits per heavy atom. The van der Waals surface area contributed by atoms with Crippen molar-refractivity contribution >= 4 is 21.1 Å². The summed E-state index contributed by atoms with van der Waals surface area (Å²) in [6.45, 7) is 0.408. The zero-order valence-electron chi connectivity index (χ0n) is 19.2. The van der Waals surface area contributed by atoms with Gasteiger partial charge in [0.2, 0.25) is 10.0 Å². The Morgan fingerprint density at radius 3 is 2.67 bits per heavy atom. The second kappa shape index (κ2) is 9.24. The van der Waals surface area contributed by atoms with Crippen molar-refractivity contribution in [3.63, 3.8) is 0 Å². The first-order valence-electron chi connectivity index (χ1n) is 11.1. The maximum absolute atomic E-state index is 13.1. The van der Waals surface area contributed by atoms with Crippen LogP contribution in [0.15, 0.2) is 27.9 Å². The van der Waals surface area contributed by atoms with Crippen molar-refractivity contribution in [2.24, 2.45) is 12.8 Å². The number of aryl methyl sites for hydroxylation is 1. The molecule has 0 unspecified atom stereocenters. The first-order valence-corrected chi connectivity index (χ1v) is 12.5. The summed E-state index contributed by atoms with van der Waals surface area (Å²) in [6, 6.07) is 4.49. The SMILES string of the molecule is COc1cc(S(=O)(=O)N(C)CCN)ccc1-c1nc2c(c(C3CCCCC3)nn2C)c(=O)[nH]1. The van der Waals surface area contributed by atoms with E-state index in [4.69, 9.17) is 10.5 Å². The van der Waals surface area contributed by atoms with Gasteiger partial charge in [0.05, 0.1) is 23.3 Å². The maximum atomic E-state index is 13.1. The number of methoxy groups -OCH3 is 1. The quantitative estimate of drug-likeness (QED) is 0.534. The van der Waals surface area contributed by atoms with E-state index in [1.165, 1.54) is 37.0 Å². The largest absolute Gasteiger partial charge is 0.496 e. The molecule has 1 saturated carbocycles. The Bertz CT molecular complexity index is 1320. The van der Waals surface area contributed by atoms with Gasteiger partial charge >= 0.3 is 0 Å². The van der Waals surface area contributed by atoms with Crippen LogP contribution in [0.2, 0.25) is 0 Å². The Hall–Kier alpha value is -2.76. The summed E-state index contributed by atoms with van der Waals surface area (Å²) in [5.41, 5.74) is 7.03. The second-order valence-electron chi connectivity index (χ2n) is 8.43. The highest BCUT2D eigenvalue weighted by Gasteiger charge is 2.26. The van der Waals surface area contributed by atoms with E-state index in [2.05, 4.69) is 15.1 Å². The lowest BCUT2D eigenvalue weighted by atomic mass is 9.86. The minimum atomic E-state index is -3.72. The molecule has 178 valence electrons. The van der Waals surface area contributed by atoms with Gasteiger partial charge in [0.1, 0.15) is 17.0 Å². The molecule has 1 aliphatic rings. The molecule has 0 radical (unpaired) electrons. The standard InChI is InChI=1S/C22H30N6O4S/c1-27(12-11-23)33(30,31)15-9-10-16(17(13-15)32-3)20-24-21-18(22(29)25-20)19(26-28(21)2)14-7-5-4-6-8-14/h9-10,13-14H,4-8,11-12,23H2,1-3H3,(H,24,25,29). The maximum Gasteiger partial charge on any atom is 0.262 e. The third-order valence-corrected chi connectivity index (χ3v) is 8.15. The van der Waals surface area contributed by atoms with Crippen LogP contribution in [0.5, 0.6) is 5.75 Å². The zero-order valence-corrected chi connectivity index (χ0v) is 20.0. The van der Waals surface area contributed by atoms with Crippen LogP contribution in [0.3, 0.4) is 0 Å². The van der Waals surface area contributed by atoms with Gasteiger partial charge in [0.15, 0.2) is 5.65 Å². The van der Waals surface area contributed by atoms with Crippen molar-refractivity contribution in [3.05, 3.63) is 34.2 Å². The number of H-pyrrole nitrogens is 1. The Labute approximate surface area is 192 Å². The molecule has 3 N–H and O–H groups in total. The van der Waals surface area contributed by atoms with Crippen LogP contribution in [0.1, 0.15) is 43.7 Å². The monoisotopic (exact) mass is 474 g/mol. The first-order chi connectivity index (χ1) is 15.8. The third-order valence-electron chi connectivity index (χ3n) is 6.29. The van der Waals surface area contributed by atoms with Crippen LogP contribution in [0, 0.1) is 0 Å². The summed E-state index contributed by atoms with van der Waals surface area (Å²) in [5, 5.41) is 5.17. The summed E-state index contributed by atoms with van der Waals surface area (Å²) in [4.78, 5) is 20.7. The number of likely N-dealkylation sites (N-methyl/N-ethyl adjacent to an activating group) is 1. The van der Waals surface area contributed by atoms with E-state index in [9.17, 15) is 13.2 Å². The molecule has 0 spiro atoms. The molecule has 0 saturated heterocycles. The molecule has 2 aromatic heterocycles. The molecule has 3 aromatic rings. The van der Waals surface area contributed by atoms with E-state index in [-0.39, 0.29) is 35.2 Å². The summed E-state index contributed by atoms with van der Waals surface area (Å²) in [5.74, 6) is 0.844. The molecule has 0 bridgehead atoms. The number of nitrogens with one attached hydrogen (secondary N) is 1. The predicted molar refractivity (Wildman–Crippen MR) is 126 cm³/mol. The van der Waals surface area contributed by atoms with Gasteiger partial charge < -0.3 is 15.5 Å². The van der Waals surface area contributed by atoms with Gasteiger partial charge in [-0.15, -0.1) is 0 Å². The number of benzene rings is 1. The number of nitrogens with zero attached hydrogens (tertiary/aromatic N) is 4. The number of ether oxygens (including phenoxy) is 1. The van der Waals surface area contributed by atoms with E-state index in [1.54, 1.807) is 17.8 Å². The molecule has 0 atom stereocenters. The highest BCUT2D eigenvalue weighted by Crippen LogP contribution is 2.35. The van der Waals surface area contributed by atoms with Gasteiger partial charge in [-0.1, -0.05) is 19.3 Å². The fraction of sp³-hybridized carbons (Fsp3) is 0.500. The second-order valence-corrected chi connectivity index (χ2v) is 10.5. The number of aromatic amines is 1. The lowest BCUT2D eigenvalue weighted by Gasteiger charge is -2.19. The molecule has 11 heteroatoms. The van der Waals surface area contributed by atoms with Gasteiger partial charge in [-0.05, 0) is 25.0 Å². The molecular formula is C22H30N6O4S. The van der Waals surface area contributed by atoms with E-state index in [0.29, 0.717) is 22.4 Å². The lowest BCUT2D eigenvalue weighted by Crippen LogP contribution is -2.31. The third kappa shape index (κ3) is 4.28. The lowest BCUT2D eigenvalue weighted by molar-refractivity contribution is 0.414. The molecule has 1 aromatic carbocycles. The van der Waals surface area contributed by atoms with Crippen LogP contribution in [0.25, 0.3) is 22.4 Å². The van der Waals surface area contributed by atoms with Crippen LogP contribution >= 0.6 is 0 Å². The first kappa shape index (κ1) is 23.4. The normalized spacial score (nSPS) is 15.4. The van der Waals surface area contributed by atoms with Crippen LogP contribution < -0.4 is 16.0 Å². The van der Waals surface area contributed by atoms with Gasteiger partial charge in [0.25, 0.3) is 5.56 Å². The number of rotatable bonds is 7. The molecule has 33 heavy (non-hydrogen) atoms. The molecule has 10 nitrogen and oxygen atoms in total. The highest BCUT2D eigenvalue weighted by atomic mass is 32.2. The highest BCUT2D eigenvalue weighted by molar-refractivity contribution is 7.89. The van der Waals surface area contributed by atoms with E-state index < -0.39 is 10.0 Å². The van der Waals surface area contributed by atoms with Crippen molar-refractivity contribution in [2.45, 2.75) is 42.9 Å². The van der Waals surface area contributed by atoms with E-state index in [1.807, 2.05) is 0 Å². The fourth-order valence-corrected chi connectivity index (χ4v) is 5.69. The van der Waals surface area contributed by atoms with Crippen LogP contribution in [0.4, 0.5) is 0 Å². The Morgan fingerprint density at radius 2 is 2.00 bits per heavy atom. The minimum Gasteiger partial charge on any atom is -0.496 e. The Kier molecular flexibility index (Phi) is 6.55. The number of fused-ring (bicyclic) bond motifs is 1. The predicted octanol–water partition coefficient (Wildman–Crippen LogP) is 1.96. The van der Waals surface area contributed by atoms with Crippen molar-refractivity contribution in [3.8, 4) is 17.1 Å². The number of hydrogen-bond donors (Lipinski definition) is 2. The van der Waals surface area contributed by atoms with Crippen molar-refractivity contribution in [1.29, 1.82) is 0 Å². The fourth-order valence-electron chi connectivity index (χ4n) is 4.48. The number of nitrogens with two attached hydrogens (primary N) is 1. The number of aromatic nitrogens is 4. The summed E-state index contributed by atoms with van der Waals surface area (Å²) >= 11 is 0. The number of hydrogen-bond acceptors (Lipinski definition) is 7. The molecule has 0 aliphatic heterocycles. The molecule has 4 rings (SSSR count). The molecule has 2 heterocycles. The summed E-state index contributed by atoms with van der Waals surface area (Å²) < 4.78 is 33.9. The topological polar surface area (TPSA) is 136 Å². The van der Waals surface area contributed by atoms with Gasteiger partial charge in [-0.2, -0.15) is 9.40 Å². The molecular weight excluding hydrogens is 444 g/mol. The summed E-state index contributed by atoms with van der Waals surface area (Å²) in [7, 11) is 0.978. The zero-order chi connectivity index (χ0) is 23.8. The summed E-state index contributed by atoms with van der Waals surface area (Å²) in [6.07, 6.45) is 5.54.